The summed E-state index contributed by atoms with van der Waals surface area (Å²) in [5.74, 6) is 1.80. The second kappa shape index (κ2) is 7.84. The molecule has 4 fully saturated rings. The number of likely N-dealkylation sites (tertiary alicyclic amines) is 2. The average molecular weight is 349 g/mol. The van der Waals surface area contributed by atoms with Gasteiger partial charge in [0.1, 0.15) is 0 Å². The first-order valence-corrected chi connectivity index (χ1v) is 11.0. The summed E-state index contributed by atoms with van der Waals surface area (Å²) in [5.41, 5.74) is 0. The molecule has 4 rings (SSSR count). The number of hydrogen-bond donors (Lipinski definition) is 2. The van der Waals surface area contributed by atoms with Crippen molar-refractivity contribution in [1.29, 1.82) is 0 Å². The first kappa shape index (κ1) is 18.2. The lowest BCUT2D eigenvalue weighted by Crippen LogP contribution is -2.54. The molecule has 0 aromatic heterocycles. The fraction of sp³-hybridized carbons (Fsp3) is 1.00. The van der Waals surface area contributed by atoms with E-state index >= 15 is 0 Å². The molecule has 3 unspecified atom stereocenters. The minimum absolute atomic E-state index is 0.754. The van der Waals surface area contributed by atoms with Crippen LogP contribution in [-0.4, -0.2) is 73.2 Å². The third-order valence-corrected chi connectivity index (χ3v) is 7.68. The molecule has 2 aliphatic heterocycles. The molecule has 2 heterocycles. The zero-order valence-corrected chi connectivity index (χ0v) is 16.7. The van der Waals surface area contributed by atoms with Gasteiger partial charge in [-0.05, 0) is 70.4 Å². The van der Waals surface area contributed by atoms with Crippen molar-refractivity contribution in [3.63, 3.8) is 0 Å². The molecule has 0 bridgehead atoms. The van der Waals surface area contributed by atoms with Gasteiger partial charge in [-0.25, -0.2) is 0 Å². The fourth-order valence-corrected chi connectivity index (χ4v) is 6.01. The van der Waals surface area contributed by atoms with Crippen LogP contribution in [0.3, 0.4) is 0 Å². The van der Waals surface area contributed by atoms with Gasteiger partial charge in [0.05, 0.1) is 0 Å². The van der Waals surface area contributed by atoms with E-state index in [0.29, 0.717) is 0 Å². The van der Waals surface area contributed by atoms with E-state index in [1.807, 2.05) is 0 Å². The van der Waals surface area contributed by atoms with E-state index in [4.69, 9.17) is 0 Å². The third-order valence-electron chi connectivity index (χ3n) is 7.68. The summed E-state index contributed by atoms with van der Waals surface area (Å²) in [4.78, 5) is 5.62. The smallest absolute Gasteiger partial charge is 0.0226 e. The Morgan fingerprint density at radius 3 is 2.32 bits per heavy atom. The standard InChI is InChI=1S/C21H40N4/c1-15-6-7-24(13-15)20-10-18(11-20)23-12-21-8-16(2)14-25(21)19-5-4-17(9-19)22-3/h15-23H,4-14H2,1-3H3/t15-,16-,17?,18?,19?,20?,21?/m0/s1. The molecule has 4 aliphatic rings. The summed E-state index contributed by atoms with van der Waals surface area (Å²) >= 11 is 0. The predicted molar refractivity (Wildman–Crippen MR) is 105 cm³/mol. The molecule has 144 valence electrons. The van der Waals surface area contributed by atoms with Gasteiger partial charge in [0.2, 0.25) is 0 Å². The quantitative estimate of drug-likeness (QED) is 0.771. The van der Waals surface area contributed by atoms with Crippen molar-refractivity contribution < 1.29 is 0 Å². The van der Waals surface area contributed by atoms with Gasteiger partial charge in [-0.1, -0.05) is 13.8 Å². The van der Waals surface area contributed by atoms with Crippen molar-refractivity contribution in [3.8, 4) is 0 Å². The molecule has 0 aromatic rings. The molecule has 5 atom stereocenters. The molecule has 2 N–H and O–H groups in total. The highest BCUT2D eigenvalue weighted by atomic mass is 15.2. The van der Waals surface area contributed by atoms with Crippen LogP contribution in [0.2, 0.25) is 0 Å². The molecule has 4 heteroatoms. The van der Waals surface area contributed by atoms with Crippen molar-refractivity contribution in [3.05, 3.63) is 0 Å². The van der Waals surface area contributed by atoms with Gasteiger partial charge in [0, 0.05) is 49.8 Å². The van der Waals surface area contributed by atoms with Gasteiger partial charge < -0.3 is 10.6 Å². The first-order valence-electron chi connectivity index (χ1n) is 11.0. The van der Waals surface area contributed by atoms with Crippen LogP contribution in [0.5, 0.6) is 0 Å². The predicted octanol–water partition coefficient (Wildman–Crippen LogP) is 2.30. The Hall–Kier alpha value is -0.160. The van der Waals surface area contributed by atoms with E-state index in [9.17, 15) is 0 Å². The van der Waals surface area contributed by atoms with Crippen LogP contribution >= 0.6 is 0 Å². The van der Waals surface area contributed by atoms with Gasteiger partial charge in [-0.2, -0.15) is 0 Å². The van der Waals surface area contributed by atoms with Crippen LogP contribution in [0.4, 0.5) is 0 Å². The molecule has 0 aromatic carbocycles. The molecule has 2 saturated heterocycles. The normalized spacial score (nSPS) is 46.0. The molecule has 25 heavy (non-hydrogen) atoms. The van der Waals surface area contributed by atoms with Gasteiger partial charge >= 0.3 is 0 Å². The van der Waals surface area contributed by atoms with E-state index in [1.165, 1.54) is 71.1 Å². The average Bonchev–Trinajstić information content (AvgIpc) is 3.25. The minimum Gasteiger partial charge on any atom is -0.317 e. The van der Waals surface area contributed by atoms with Crippen LogP contribution in [0, 0.1) is 11.8 Å². The molecular weight excluding hydrogens is 308 g/mol. The summed E-state index contributed by atoms with van der Waals surface area (Å²) in [6.07, 6.45) is 9.71. The molecule has 4 nitrogen and oxygen atoms in total. The summed E-state index contributed by atoms with van der Waals surface area (Å²) in [6, 6.07) is 4.03. The van der Waals surface area contributed by atoms with Crippen LogP contribution in [-0.2, 0) is 0 Å². The Morgan fingerprint density at radius 2 is 1.64 bits per heavy atom. The highest BCUT2D eigenvalue weighted by Crippen LogP contribution is 2.34. The number of rotatable bonds is 6. The first-order chi connectivity index (χ1) is 12.1. The van der Waals surface area contributed by atoms with Crippen LogP contribution in [0.25, 0.3) is 0 Å². The minimum atomic E-state index is 0.754. The maximum atomic E-state index is 3.94. The van der Waals surface area contributed by atoms with E-state index in [-0.39, 0.29) is 0 Å². The molecule has 0 spiro atoms. The van der Waals surface area contributed by atoms with E-state index in [0.717, 1.165) is 42.0 Å². The lowest BCUT2D eigenvalue weighted by Gasteiger charge is -2.42. The highest BCUT2D eigenvalue weighted by molar-refractivity contribution is 4.97. The molecular formula is C21H40N4. The van der Waals surface area contributed by atoms with Crippen molar-refractivity contribution in [2.24, 2.45) is 11.8 Å². The third kappa shape index (κ3) is 4.07. The molecule has 2 aliphatic carbocycles. The van der Waals surface area contributed by atoms with Gasteiger partial charge in [0.15, 0.2) is 0 Å². The Bertz CT molecular complexity index is 436. The lowest BCUT2D eigenvalue weighted by molar-refractivity contribution is 0.107. The Kier molecular flexibility index (Phi) is 5.71. The summed E-state index contributed by atoms with van der Waals surface area (Å²) in [5, 5.41) is 7.44. The highest BCUT2D eigenvalue weighted by Gasteiger charge is 2.40. The van der Waals surface area contributed by atoms with Crippen LogP contribution in [0.15, 0.2) is 0 Å². The number of nitrogens with one attached hydrogen (secondary N) is 2. The van der Waals surface area contributed by atoms with E-state index < -0.39 is 0 Å². The largest absolute Gasteiger partial charge is 0.317 e. The monoisotopic (exact) mass is 348 g/mol. The topological polar surface area (TPSA) is 30.5 Å². The number of hydrogen-bond acceptors (Lipinski definition) is 4. The lowest BCUT2D eigenvalue weighted by atomic mass is 9.85. The van der Waals surface area contributed by atoms with Gasteiger partial charge in [-0.3, -0.25) is 9.80 Å². The van der Waals surface area contributed by atoms with Crippen LogP contribution in [0.1, 0.15) is 58.8 Å². The maximum absolute atomic E-state index is 3.94. The molecule has 2 saturated carbocycles. The Labute approximate surface area is 155 Å². The Morgan fingerprint density at radius 1 is 0.840 bits per heavy atom. The van der Waals surface area contributed by atoms with Crippen molar-refractivity contribution in [2.45, 2.75) is 89.0 Å². The maximum Gasteiger partial charge on any atom is 0.0226 e. The van der Waals surface area contributed by atoms with E-state index in [1.54, 1.807) is 0 Å². The zero-order valence-electron chi connectivity index (χ0n) is 16.7. The van der Waals surface area contributed by atoms with Crippen molar-refractivity contribution in [1.82, 2.24) is 20.4 Å². The number of nitrogens with zero attached hydrogens (tertiary/aromatic N) is 2. The van der Waals surface area contributed by atoms with E-state index in [2.05, 4.69) is 41.3 Å². The summed E-state index contributed by atoms with van der Waals surface area (Å²) in [6.45, 7) is 10.1. The van der Waals surface area contributed by atoms with Crippen molar-refractivity contribution in [2.75, 3.05) is 33.2 Å². The Balaban J connectivity index is 1.21. The molecule has 0 amide bonds. The fourth-order valence-electron chi connectivity index (χ4n) is 6.01. The van der Waals surface area contributed by atoms with Gasteiger partial charge in [-0.15, -0.1) is 0 Å². The summed E-state index contributed by atoms with van der Waals surface area (Å²) < 4.78 is 0. The van der Waals surface area contributed by atoms with Crippen molar-refractivity contribution >= 4 is 0 Å². The zero-order chi connectivity index (χ0) is 17.4. The van der Waals surface area contributed by atoms with Gasteiger partial charge in [0.25, 0.3) is 0 Å². The second-order valence-corrected chi connectivity index (χ2v) is 9.76. The molecule has 0 radical (unpaired) electrons. The second-order valence-electron chi connectivity index (χ2n) is 9.76. The summed E-state index contributed by atoms with van der Waals surface area (Å²) in [7, 11) is 2.13. The van der Waals surface area contributed by atoms with Crippen LogP contribution < -0.4 is 10.6 Å². The SMILES string of the molecule is CNC1CCC(N2C[C@@H](C)CC2CNC2CC(N3CC[C@H](C)C3)C2)C1.